The molecule has 4 heterocycles. The van der Waals surface area contributed by atoms with Crippen molar-refractivity contribution >= 4 is 5.91 Å². The van der Waals surface area contributed by atoms with Crippen LogP contribution in [0.1, 0.15) is 48.7 Å². The van der Waals surface area contributed by atoms with Crippen molar-refractivity contribution in [1.82, 2.24) is 29.7 Å². The lowest BCUT2D eigenvalue weighted by Gasteiger charge is -2.30. The van der Waals surface area contributed by atoms with E-state index in [-0.39, 0.29) is 11.8 Å². The van der Waals surface area contributed by atoms with Crippen LogP contribution < -0.4 is 5.32 Å². The largest absolute Gasteiger partial charge is 0.338 e. The lowest BCUT2D eigenvalue weighted by molar-refractivity contribution is -0.136. The van der Waals surface area contributed by atoms with Gasteiger partial charge in [-0.25, -0.2) is 15.0 Å². The van der Waals surface area contributed by atoms with Gasteiger partial charge < -0.3 is 14.8 Å². The number of hydrogen-bond donors (Lipinski definition) is 1. The van der Waals surface area contributed by atoms with Crippen LogP contribution in [0.25, 0.3) is 0 Å². The van der Waals surface area contributed by atoms with Crippen LogP contribution in [0.3, 0.4) is 0 Å². The molecule has 0 aliphatic carbocycles. The number of imidazole rings is 1. The number of nitrogens with zero attached hydrogens (tertiary/aromatic N) is 5. The lowest BCUT2D eigenvalue weighted by Crippen LogP contribution is -2.40. The maximum Gasteiger partial charge on any atom is 0.227 e. The second-order valence-corrected chi connectivity index (χ2v) is 7.39. The van der Waals surface area contributed by atoms with Gasteiger partial charge in [-0.05, 0) is 26.3 Å². The zero-order valence-electron chi connectivity index (χ0n) is 15.5. The zero-order valence-corrected chi connectivity index (χ0v) is 15.5. The first-order valence-electron chi connectivity index (χ1n) is 9.46. The number of amides is 1. The van der Waals surface area contributed by atoms with Crippen LogP contribution in [0, 0.1) is 12.8 Å². The van der Waals surface area contributed by atoms with Gasteiger partial charge in [0.15, 0.2) is 0 Å². The fourth-order valence-corrected chi connectivity index (χ4v) is 3.87. The number of rotatable bonds is 4. The minimum absolute atomic E-state index is 0.0765. The van der Waals surface area contributed by atoms with E-state index >= 15 is 0 Å². The first kappa shape index (κ1) is 17.1. The van der Waals surface area contributed by atoms with E-state index in [0.29, 0.717) is 19.1 Å². The van der Waals surface area contributed by atoms with E-state index in [1.165, 1.54) is 6.42 Å². The molecule has 7 heteroatoms. The van der Waals surface area contributed by atoms with E-state index < -0.39 is 0 Å². The maximum atomic E-state index is 12.9. The van der Waals surface area contributed by atoms with Crippen LogP contribution in [0.2, 0.25) is 0 Å². The van der Waals surface area contributed by atoms with Crippen molar-refractivity contribution in [2.24, 2.45) is 5.92 Å². The monoisotopic (exact) mass is 354 g/mol. The Kier molecular flexibility index (Phi) is 4.72. The van der Waals surface area contributed by atoms with E-state index in [4.69, 9.17) is 4.98 Å². The Labute approximate surface area is 153 Å². The number of aryl methyl sites for hydroxylation is 1. The topological polar surface area (TPSA) is 75.9 Å². The summed E-state index contributed by atoms with van der Waals surface area (Å²) >= 11 is 0. The van der Waals surface area contributed by atoms with Gasteiger partial charge in [0.25, 0.3) is 0 Å². The Balaban J connectivity index is 1.42. The zero-order chi connectivity index (χ0) is 18.1. The smallest absolute Gasteiger partial charge is 0.227 e. The predicted molar refractivity (Wildman–Crippen MR) is 97.3 cm³/mol. The highest BCUT2D eigenvalue weighted by atomic mass is 16.2. The second kappa shape index (κ2) is 7.15. The molecule has 26 heavy (non-hydrogen) atoms. The molecule has 2 aliphatic rings. The van der Waals surface area contributed by atoms with E-state index in [1.807, 2.05) is 35.7 Å². The molecule has 0 spiro atoms. The summed E-state index contributed by atoms with van der Waals surface area (Å²) in [6, 6.07) is 0.290. The number of nitrogens with one attached hydrogen (secondary N) is 1. The van der Waals surface area contributed by atoms with Crippen molar-refractivity contribution in [3.63, 3.8) is 0 Å². The highest BCUT2D eigenvalue weighted by Crippen LogP contribution is 2.24. The van der Waals surface area contributed by atoms with Gasteiger partial charge in [-0.2, -0.15) is 0 Å². The highest BCUT2D eigenvalue weighted by molar-refractivity contribution is 5.78. The minimum Gasteiger partial charge on any atom is -0.338 e. The predicted octanol–water partition coefficient (Wildman–Crippen LogP) is 1.63. The SMILES string of the molecule is Cc1nccn1CC(C)C(=O)N1CCc2nc(C3CCCN3)ncc2C1. The van der Waals surface area contributed by atoms with Crippen molar-refractivity contribution < 1.29 is 4.79 Å². The summed E-state index contributed by atoms with van der Waals surface area (Å²) in [5, 5.41) is 3.45. The molecule has 2 aromatic rings. The third-order valence-electron chi connectivity index (χ3n) is 5.45. The number of carbonyl (C=O) groups excluding carboxylic acids is 1. The number of carbonyl (C=O) groups is 1. The van der Waals surface area contributed by atoms with Gasteiger partial charge in [0, 0.05) is 50.2 Å². The molecule has 0 saturated carbocycles. The standard InChI is InChI=1S/C19H26N6O/c1-13(11-24-9-7-20-14(24)2)19(26)25-8-5-16-15(12-25)10-22-18(23-16)17-4-3-6-21-17/h7,9-10,13,17,21H,3-6,8,11-12H2,1-2H3. The molecule has 1 saturated heterocycles. The maximum absolute atomic E-state index is 12.9. The molecule has 2 unspecified atom stereocenters. The van der Waals surface area contributed by atoms with Gasteiger partial charge >= 0.3 is 0 Å². The summed E-state index contributed by atoms with van der Waals surface area (Å²) in [4.78, 5) is 28.4. The molecule has 1 fully saturated rings. The fourth-order valence-electron chi connectivity index (χ4n) is 3.87. The van der Waals surface area contributed by atoms with E-state index in [1.54, 1.807) is 6.20 Å². The summed E-state index contributed by atoms with van der Waals surface area (Å²) in [5.74, 6) is 1.96. The number of fused-ring (bicyclic) bond motifs is 1. The fraction of sp³-hybridized carbons (Fsp3) is 0.579. The Hall–Kier alpha value is -2.28. The van der Waals surface area contributed by atoms with Gasteiger partial charge in [-0.1, -0.05) is 6.92 Å². The Bertz CT molecular complexity index is 795. The average Bonchev–Trinajstić information content (AvgIpc) is 3.33. The van der Waals surface area contributed by atoms with Crippen LogP contribution in [-0.4, -0.2) is 43.4 Å². The number of aromatic nitrogens is 4. The molecular weight excluding hydrogens is 328 g/mol. The lowest BCUT2D eigenvalue weighted by atomic mass is 10.0. The van der Waals surface area contributed by atoms with E-state index in [0.717, 1.165) is 48.8 Å². The first-order valence-corrected chi connectivity index (χ1v) is 9.46. The van der Waals surface area contributed by atoms with Crippen molar-refractivity contribution in [3.05, 3.63) is 41.5 Å². The molecule has 2 aromatic heterocycles. The molecule has 2 atom stereocenters. The van der Waals surface area contributed by atoms with Crippen LogP contribution in [0.4, 0.5) is 0 Å². The highest BCUT2D eigenvalue weighted by Gasteiger charge is 2.27. The molecule has 0 aromatic carbocycles. The summed E-state index contributed by atoms with van der Waals surface area (Å²) in [5.41, 5.74) is 2.18. The van der Waals surface area contributed by atoms with Crippen molar-refractivity contribution in [1.29, 1.82) is 0 Å². The van der Waals surface area contributed by atoms with E-state index in [2.05, 4.69) is 15.3 Å². The Morgan fingerprint density at radius 1 is 1.42 bits per heavy atom. The number of hydrogen-bond acceptors (Lipinski definition) is 5. The Morgan fingerprint density at radius 2 is 2.31 bits per heavy atom. The van der Waals surface area contributed by atoms with E-state index in [9.17, 15) is 4.79 Å². The van der Waals surface area contributed by atoms with Crippen LogP contribution >= 0.6 is 0 Å². The van der Waals surface area contributed by atoms with Gasteiger partial charge in [-0.3, -0.25) is 4.79 Å². The first-order chi connectivity index (χ1) is 12.6. The summed E-state index contributed by atoms with van der Waals surface area (Å²) in [6.07, 6.45) is 8.72. The van der Waals surface area contributed by atoms with Crippen LogP contribution in [0.15, 0.2) is 18.6 Å². The van der Waals surface area contributed by atoms with Crippen LogP contribution in [-0.2, 0) is 24.3 Å². The van der Waals surface area contributed by atoms with Gasteiger partial charge in [0.2, 0.25) is 5.91 Å². The van der Waals surface area contributed by atoms with Crippen molar-refractivity contribution in [2.75, 3.05) is 13.1 Å². The molecule has 138 valence electrons. The molecule has 7 nitrogen and oxygen atoms in total. The third-order valence-corrected chi connectivity index (χ3v) is 5.45. The molecule has 0 bridgehead atoms. The minimum atomic E-state index is -0.0765. The molecule has 1 amide bonds. The van der Waals surface area contributed by atoms with Gasteiger partial charge in [0.1, 0.15) is 11.6 Å². The second-order valence-electron chi connectivity index (χ2n) is 7.39. The van der Waals surface area contributed by atoms with Crippen molar-refractivity contribution in [3.8, 4) is 0 Å². The summed E-state index contributed by atoms with van der Waals surface area (Å²) in [6.45, 7) is 7.00. The average molecular weight is 354 g/mol. The molecule has 0 radical (unpaired) electrons. The van der Waals surface area contributed by atoms with Gasteiger partial charge in [-0.15, -0.1) is 0 Å². The molecule has 2 aliphatic heterocycles. The normalized spacial score (nSPS) is 20.8. The van der Waals surface area contributed by atoms with Gasteiger partial charge in [0.05, 0.1) is 17.7 Å². The van der Waals surface area contributed by atoms with Crippen molar-refractivity contribution in [2.45, 2.75) is 52.2 Å². The summed E-state index contributed by atoms with van der Waals surface area (Å²) in [7, 11) is 0. The molecule has 4 rings (SSSR count). The third kappa shape index (κ3) is 3.35. The molecular formula is C19H26N6O. The Morgan fingerprint density at radius 3 is 3.04 bits per heavy atom. The van der Waals surface area contributed by atoms with Crippen LogP contribution in [0.5, 0.6) is 0 Å². The quantitative estimate of drug-likeness (QED) is 0.903. The molecule has 1 N–H and O–H groups in total. The summed E-state index contributed by atoms with van der Waals surface area (Å²) < 4.78 is 2.03.